The Hall–Kier alpha value is -1.95. The summed E-state index contributed by atoms with van der Waals surface area (Å²) in [6.07, 6.45) is 0. The Kier molecular flexibility index (Phi) is 9.13. The topological polar surface area (TPSA) is 83.4 Å². The number of allylic oxidation sites excluding steroid dienone is 3. The summed E-state index contributed by atoms with van der Waals surface area (Å²) in [6.45, 7) is 0. The molecular formula is C19H11KN4S. The molecule has 4 nitrogen and oxygen atoms in total. The minimum absolute atomic E-state index is 0. The normalized spacial score (nSPS) is 9.96. The minimum Gasteiger partial charge on any atom is -0.761 e. The fraction of sp³-hybridized carbons (Fsp3) is 0. The third-order valence-electron chi connectivity index (χ3n) is 3.16. The summed E-state index contributed by atoms with van der Waals surface area (Å²) in [5, 5.41) is 31.2. The third-order valence-corrected chi connectivity index (χ3v) is 3.46. The molecule has 2 rings (SSSR count). The third kappa shape index (κ3) is 5.52. The Morgan fingerprint density at radius 3 is 1.80 bits per heavy atom. The molecule has 0 fully saturated rings. The zero-order valence-corrected chi connectivity index (χ0v) is 17.5. The van der Waals surface area contributed by atoms with Crippen LogP contribution in [0.4, 0.5) is 5.69 Å². The zero-order valence-electron chi connectivity index (χ0n) is 13.5. The van der Waals surface area contributed by atoms with Crippen molar-refractivity contribution in [2.45, 2.75) is 0 Å². The van der Waals surface area contributed by atoms with Crippen molar-refractivity contribution in [1.29, 1.82) is 15.8 Å². The summed E-state index contributed by atoms with van der Waals surface area (Å²) in [7, 11) is 0. The molecule has 0 bridgehead atoms. The van der Waals surface area contributed by atoms with Gasteiger partial charge in [-0.3, -0.25) is 0 Å². The maximum Gasteiger partial charge on any atom is 1.00 e. The van der Waals surface area contributed by atoms with Gasteiger partial charge < -0.3 is 17.9 Å². The van der Waals surface area contributed by atoms with E-state index in [4.69, 9.17) is 12.6 Å². The smallest absolute Gasteiger partial charge is 0.761 e. The average molecular weight is 366 g/mol. The molecule has 0 spiro atoms. The molecule has 25 heavy (non-hydrogen) atoms. The number of nitrogens with one attached hydrogen (secondary N) is 1. The molecule has 2 aromatic rings. The van der Waals surface area contributed by atoms with Gasteiger partial charge in [0, 0.05) is 11.3 Å². The Morgan fingerprint density at radius 1 is 0.800 bits per heavy atom. The van der Waals surface area contributed by atoms with Crippen molar-refractivity contribution in [2.24, 2.45) is 0 Å². The van der Waals surface area contributed by atoms with E-state index in [2.05, 4.69) is 5.32 Å². The first kappa shape index (κ1) is 21.1. The van der Waals surface area contributed by atoms with Crippen molar-refractivity contribution in [3.8, 4) is 18.2 Å². The van der Waals surface area contributed by atoms with E-state index in [-0.39, 0.29) is 73.1 Å². The van der Waals surface area contributed by atoms with Gasteiger partial charge in [-0.25, -0.2) is 0 Å². The Balaban J connectivity index is 0.00000312. The largest absolute Gasteiger partial charge is 1.00 e. The number of hydrogen-bond acceptors (Lipinski definition) is 5. The van der Waals surface area contributed by atoms with Gasteiger partial charge in [-0.05, 0) is 17.7 Å². The van der Waals surface area contributed by atoms with Crippen molar-refractivity contribution >= 4 is 23.9 Å². The van der Waals surface area contributed by atoms with Gasteiger partial charge in [0.25, 0.3) is 0 Å². The molecule has 0 radical (unpaired) electrons. The second kappa shape index (κ2) is 10.8. The predicted molar refractivity (Wildman–Crippen MR) is 94.7 cm³/mol. The van der Waals surface area contributed by atoms with Gasteiger partial charge in [0.2, 0.25) is 0 Å². The van der Waals surface area contributed by atoms with Crippen LogP contribution in [-0.2, 0) is 12.6 Å². The average Bonchev–Trinajstić information content (AvgIpc) is 2.63. The van der Waals surface area contributed by atoms with Gasteiger partial charge in [0.15, 0.2) is 0 Å². The number of anilines is 1. The van der Waals surface area contributed by atoms with Crippen molar-refractivity contribution in [3.63, 3.8) is 0 Å². The number of nitriles is 3. The first-order chi connectivity index (χ1) is 11.7. The fourth-order valence-electron chi connectivity index (χ4n) is 2.09. The van der Waals surface area contributed by atoms with E-state index in [1.165, 1.54) is 0 Å². The minimum atomic E-state index is -0.157. The first-order valence-electron chi connectivity index (χ1n) is 6.95. The summed E-state index contributed by atoms with van der Waals surface area (Å²) >= 11 is 5.32. The van der Waals surface area contributed by atoms with Gasteiger partial charge in [-0.2, -0.15) is 15.8 Å². The van der Waals surface area contributed by atoms with Crippen molar-refractivity contribution in [3.05, 3.63) is 82.4 Å². The number of nitrogens with zero attached hydrogens (tertiary/aromatic N) is 3. The molecule has 0 saturated carbocycles. The van der Waals surface area contributed by atoms with E-state index in [1.807, 2.05) is 54.6 Å². The van der Waals surface area contributed by atoms with Crippen LogP contribution >= 0.6 is 0 Å². The first-order valence-corrected chi connectivity index (χ1v) is 7.35. The van der Waals surface area contributed by atoms with Crippen molar-refractivity contribution in [2.75, 3.05) is 5.32 Å². The maximum absolute atomic E-state index is 9.58. The van der Waals surface area contributed by atoms with Crippen LogP contribution in [0.15, 0.2) is 76.8 Å². The van der Waals surface area contributed by atoms with Crippen LogP contribution in [0.5, 0.6) is 0 Å². The molecule has 0 aromatic heterocycles. The molecule has 2 aromatic carbocycles. The van der Waals surface area contributed by atoms with Crippen LogP contribution < -0.4 is 56.7 Å². The standard InChI is InChI=1S/C19H12N4S.K/c20-11-15(12-21)18(14-7-3-1-4-8-14)17(13-22)19(24)23-16-9-5-2-6-10-16;/h1-10,23-24H;/q;+1/p-1/b19-17+;. The Morgan fingerprint density at radius 2 is 1.32 bits per heavy atom. The van der Waals surface area contributed by atoms with Crippen LogP contribution in [0, 0.1) is 34.0 Å². The molecule has 0 atom stereocenters. The quantitative estimate of drug-likeness (QED) is 0.376. The van der Waals surface area contributed by atoms with Crippen molar-refractivity contribution in [1.82, 2.24) is 0 Å². The van der Waals surface area contributed by atoms with Crippen LogP contribution in [0.3, 0.4) is 0 Å². The molecule has 0 aliphatic rings. The van der Waals surface area contributed by atoms with Crippen LogP contribution in [0.2, 0.25) is 0 Å². The maximum atomic E-state index is 9.58. The summed E-state index contributed by atoms with van der Waals surface area (Å²) in [5.41, 5.74) is 1.46. The zero-order chi connectivity index (χ0) is 17.4. The Labute approximate surface area is 194 Å². The molecule has 0 aliphatic carbocycles. The van der Waals surface area contributed by atoms with Gasteiger partial charge >= 0.3 is 51.4 Å². The number of hydrogen-bond donors (Lipinski definition) is 1. The summed E-state index contributed by atoms with van der Waals surface area (Å²) in [5.74, 6) is 0. The molecule has 114 valence electrons. The van der Waals surface area contributed by atoms with Crippen molar-refractivity contribution < 1.29 is 51.4 Å². The SMILES string of the molecule is N#CC(C#N)=C(/C(C#N)=C(/[S-])Nc1ccccc1)c1ccccc1.[K+]. The van der Waals surface area contributed by atoms with Crippen LogP contribution in [-0.4, -0.2) is 0 Å². The number of benzene rings is 2. The molecular weight excluding hydrogens is 355 g/mol. The van der Waals surface area contributed by atoms with E-state index < -0.39 is 0 Å². The van der Waals surface area contributed by atoms with Gasteiger partial charge in [-0.15, -0.1) is 0 Å². The van der Waals surface area contributed by atoms with E-state index in [9.17, 15) is 15.8 Å². The molecule has 0 aliphatic heterocycles. The molecule has 0 saturated heterocycles. The van der Waals surface area contributed by atoms with Crippen LogP contribution in [0.25, 0.3) is 5.57 Å². The fourth-order valence-corrected chi connectivity index (χ4v) is 2.36. The molecule has 1 N–H and O–H groups in total. The summed E-state index contributed by atoms with van der Waals surface area (Å²) in [6, 6.07) is 23.7. The van der Waals surface area contributed by atoms with Gasteiger partial charge in [-0.1, -0.05) is 53.6 Å². The molecule has 0 heterocycles. The van der Waals surface area contributed by atoms with E-state index in [1.54, 1.807) is 24.3 Å². The predicted octanol–water partition coefficient (Wildman–Crippen LogP) is 0.886. The van der Waals surface area contributed by atoms with E-state index >= 15 is 0 Å². The second-order valence-electron chi connectivity index (χ2n) is 4.65. The number of para-hydroxylation sites is 1. The van der Waals surface area contributed by atoms with E-state index in [0.717, 1.165) is 5.69 Å². The molecule has 0 amide bonds. The summed E-state index contributed by atoms with van der Waals surface area (Å²) < 4.78 is 0. The molecule has 0 unspecified atom stereocenters. The second-order valence-corrected chi connectivity index (χ2v) is 5.05. The monoisotopic (exact) mass is 366 g/mol. The van der Waals surface area contributed by atoms with Gasteiger partial charge in [0.1, 0.15) is 17.7 Å². The van der Waals surface area contributed by atoms with E-state index in [0.29, 0.717) is 5.56 Å². The number of rotatable bonds is 4. The van der Waals surface area contributed by atoms with Crippen LogP contribution in [0.1, 0.15) is 5.56 Å². The molecule has 6 heteroatoms. The summed E-state index contributed by atoms with van der Waals surface area (Å²) in [4.78, 5) is 0. The van der Waals surface area contributed by atoms with Gasteiger partial charge in [0.05, 0.1) is 11.6 Å². The Bertz CT molecular complexity index is 898.